The van der Waals surface area contributed by atoms with E-state index in [0.29, 0.717) is 17.9 Å². The first-order chi connectivity index (χ1) is 8.95. The van der Waals surface area contributed by atoms with Crippen LogP contribution in [0.25, 0.3) is 0 Å². The highest BCUT2D eigenvalue weighted by Gasteiger charge is 2.12. The van der Waals surface area contributed by atoms with Crippen molar-refractivity contribution in [1.82, 2.24) is 0 Å². The van der Waals surface area contributed by atoms with Gasteiger partial charge in [-0.15, -0.1) is 0 Å². The standard InChI is InChI=1S/C16H21ClFN/c1-11(2)14-9-13(10-15(17)16(14)18)6-4-5-12(3)7-8-19/h9-12H,4-7H2,1-3H3/t12-/m1/s1. The van der Waals surface area contributed by atoms with E-state index < -0.39 is 0 Å². The molecule has 0 heterocycles. The topological polar surface area (TPSA) is 23.8 Å². The summed E-state index contributed by atoms with van der Waals surface area (Å²) in [5, 5.41) is 8.82. The molecule has 0 bridgehead atoms. The summed E-state index contributed by atoms with van der Waals surface area (Å²) in [4.78, 5) is 0. The third-order valence-corrected chi connectivity index (χ3v) is 3.62. The van der Waals surface area contributed by atoms with Gasteiger partial charge in [0.1, 0.15) is 5.82 Å². The van der Waals surface area contributed by atoms with Gasteiger partial charge in [-0.05, 0) is 48.3 Å². The van der Waals surface area contributed by atoms with E-state index in [4.69, 9.17) is 16.9 Å². The van der Waals surface area contributed by atoms with Gasteiger partial charge in [-0.25, -0.2) is 4.39 Å². The molecular formula is C16H21ClFN. The second-order valence-corrected chi connectivity index (χ2v) is 5.90. The Morgan fingerprint density at radius 1 is 1.32 bits per heavy atom. The zero-order valence-electron chi connectivity index (χ0n) is 11.8. The van der Waals surface area contributed by atoms with Gasteiger partial charge in [0.15, 0.2) is 0 Å². The number of hydrogen-bond acceptors (Lipinski definition) is 1. The summed E-state index contributed by atoms with van der Waals surface area (Å²) in [5.74, 6) is 0.263. The maximum atomic E-state index is 13.8. The van der Waals surface area contributed by atoms with Crippen LogP contribution >= 0.6 is 11.6 Å². The molecule has 0 unspecified atom stereocenters. The van der Waals surface area contributed by atoms with Crippen molar-refractivity contribution in [2.75, 3.05) is 0 Å². The van der Waals surface area contributed by atoms with Crippen LogP contribution in [0.2, 0.25) is 5.02 Å². The van der Waals surface area contributed by atoms with Gasteiger partial charge < -0.3 is 0 Å². The van der Waals surface area contributed by atoms with Crippen LogP contribution in [0.4, 0.5) is 4.39 Å². The molecule has 0 N–H and O–H groups in total. The fourth-order valence-electron chi connectivity index (χ4n) is 2.15. The van der Waals surface area contributed by atoms with E-state index in [2.05, 4.69) is 13.0 Å². The van der Waals surface area contributed by atoms with E-state index >= 15 is 0 Å². The van der Waals surface area contributed by atoms with Crippen molar-refractivity contribution < 1.29 is 4.39 Å². The van der Waals surface area contributed by atoms with Crippen molar-refractivity contribution in [2.24, 2.45) is 5.92 Å². The van der Waals surface area contributed by atoms with Gasteiger partial charge in [-0.3, -0.25) is 0 Å². The molecule has 0 radical (unpaired) electrons. The third kappa shape index (κ3) is 4.84. The van der Waals surface area contributed by atoms with E-state index in [0.717, 1.165) is 24.8 Å². The molecule has 104 valence electrons. The summed E-state index contributed by atoms with van der Waals surface area (Å²) < 4.78 is 13.8. The smallest absolute Gasteiger partial charge is 0.145 e. The molecule has 19 heavy (non-hydrogen) atoms. The predicted octanol–water partition coefficient (Wildman–Crippen LogP) is 5.47. The van der Waals surface area contributed by atoms with Crippen LogP contribution < -0.4 is 0 Å². The van der Waals surface area contributed by atoms with Crippen molar-refractivity contribution in [3.63, 3.8) is 0 Å². The fourth-order valence-corrected chi connectivity index (χ4v) is 2.40. The molecule has 0 fully saturated rings. The zero-order chi connectivity index (χ0) is 14.4. The van der Waals surface area contributed by atoms with Gasteiger partial charge in [0.05, 0.1) is 11.1 Å². The van der Waals surface area contributed by atoms with Gasteiger partial charge >= 0.3 is 0 Å². The molecule has 0 aliphatic carbocycles. The highest BCUT2D eigenvalue weighted by atomic mass is 35.5. The number of nitrogens with zero attached hydrogens (tertiary/aromatic N) is 1. The van der Waals surface area contributed by atoms with E-state index in [9.17, 15) is 4.39 Å². The molecule has 1 aromatic rings. The molecule has 3 heteroatoms. The van der Waals surface area contributed by atoms with E-state index in [-0.39, 0.29) is 16.8 Å². The van der Waals surface area contributed by atoms with Crippen LogP contribution in [0, 0.1) is 23.1 Å². The van der Waals surface area contributed by atoms with Crippen molar-refractivity contribution in [3.05, 3.63) is 34.1 Å². The van der Waals surface area contributed by atoms with Crippen molar-refractivity contribution in [3.8, 4) is 6.07 Å². The molecule has 0 aromatic heterocycles. The summed E-state index contributed by atoms with van der Waals surface area (Å²) in [6.07, 6.45) is 3.50. The largest absolute Gasteiger partial charge is 0.205 e. The molecule has 0 aliphatic heterocycles. The van der Waals surface area contributed by atoms with Crippen molar-refractivity contribution >= 4 is 11.6 Å². The molecule has 0 saturated heterocycles. The summed E-state index contributed by atoms with van der Waals surface area (Å²) >= 11 is 5.94. The monoisotopic (exact) mass is 281 g/mol. The minimum Gasteiger partial charge on any atom is -0.205 e. The van der Waals surface area contributed by atoms with Crippen LogP contribution in [0.1, 0.15) is 57.1 Å². The molecule has 0 spiro atoms. The van der Waals surface area contributed by atoms with Crippen LogP contribution in [-0.4, -0.2) is 0 Å². The van der Waals surface area contributed by atoms with Gasteiger partial charge in [-0.1, -0.05) is 38.4 Å². The number of halogens is 2. The first-order valence-electron chi connectivity index (χ1n) is 6.80. The SMILES string of the molecule is CC(C)c1cc(CCC[C@@H](C)CC#N)cc(Cl)c1F. The highest BCUT2D eigenvalue weighted by Crippen LogP contribution is 2.27. The first-order valence-corrected chi connectivity index (χ1v) is 7.18. The Morgan fingerprint density at radius 2 is 2.00 bits per heavy atom. The normalized spacial score (nSPS) is 12.5. The fraction of sp³-hybridized carbons (Fsp3) is 0.562. The Morgan fingerprint density at radius 3 is 2.58 bits per heavy atom. The van der Waals surface area contributed by atoms with E-state index in [1.54, 1.807) is 6.07 Å². The van der Waals surface area contributed by atoms with Crippen LogP contribution in [0.5, 0.6) is 0 Å². The molecule has 1 atom stereocenters. The minimum absolute atomic E-state index is 0.134. The van der Waals surface area contributed by atoms with Gasteiger partial charge in [0, 0.05) is 6.42 Å². The molecule has 1 aromatic carbocycles. The second-order valence-electron chi connectivity index (χ2n) is 5.50. The molecule has 0 saturated carbocycles. The van der Waals surface area contributed by atoms with Crippen LogP contribution in [0.15, 0.2) is 12.1 Å². The molecule has 1 rings (SSSR count). The quantitative estimate of drug-likeness (QED) is 0.678. The molecular weight excluding hydrogens is 261 g/mol. The Balaban J connectivity index is 2.67. The Labute approximate surface area is 120 Å². The lowest BCUT2D eigenvalue weighted by molar-refractivity contribution is 0.520. The maximum Gasteiger partial charge on any atom is 0.145 e. The van der Waals surface area contributed by atoms with E-state index in [1.807, 2.05) is 19.9 Å². The zero-order valence-corrected chi connectivity index (χ0v) is 12.6. The predicted molar refractivity (Wildman–Crippen MR) is 77.8 cm³/mol. The number of benzene rings is 1. The number of nitriles is 1. The van der Waals surface area contributed by atoms with Crippen LogP contribution in [-0.2, 0) is 6.42 Å². The number of aryl methyl sites for hydroxylation is 1. The Hall–Kier alpha value is -1.07. The second kappa shape index (κ2) is 7.50. The number of hydrogen-bond donors (Lipinski definition) is 0. The highest BCUT2D eigenvalue weighted by molar-refractivity contribution is 6.30. The minimum atomic E-state index is -0.293. The Kier molecular flexibility index (Phi) is 6.31. The summed E-state index contributed by atoms with van der Waals surface area (Å²) in [7, 11) is 0. The van der Waals surface area contributed by atoms with Crippen LogP contribution in [0.3, 0.4) is 0 Å². The third-order valence-electron chi connectivity index (χ3n) is 3.34. The lowest BCUT2D eigenvalue weighted by Crippen LogP contribution is -1.99. The molecule has 0 amide bonds. The molecule has 0 aliphatic rings. The first kappa shape index (κ1) is 16.0. The molecule has 1 nitrogen and oxygen atoms in total. The van der Waals surface area contributed by atoms with Crippen molar-refractivity contribution in [1.29, 1.82) is 5.26 Å². The Bertz CT molecular complexity index is 463. The lowest BCUT2D eigenvalue weighted by atomic mass is 9.95. The van der Waals surface area contributed by atoms with Gasteiger partial charge in [-0.2, -0.15) is 5.26 Å². The van der Waals surface area contributed by atoms with Crippen molar-refractivity contribution in [2.45, 2.75) is 52.4 Å². The summed E-state index contributed by atoms with van der Waals surface area (Å²) in [5.41, 5.74) is 1.77. The average molecular weight is 282 g/mol. The lowest BCUT2D eigenvalue weighted by Gasteiger charge is -2.12. The summed E-state index contributed by atoms with van der Waals surface area (Å²) in [6.45, 7) is 6.02. The van der Waals surface area contributed by atoms with Gasteiger partial charge in [0.25, 0.3) is 0 Å². The maximum absolute atomic E-state index is 13.8. The number of rotatable bonds is 6. The summed E-state index contributed by atoms with van der Waals surface area (Å²) in [6, 6.07) is 5.82. The average Bonchev–Trinajstić information content (AvgIpc) is 2.33. The van der Waals surface area contributed by atoms with E-state index in [1.165, 1.54) is 0 Å². The van der Waals surface area contributed by atoms with Gasteiger partial charge in [0.2, 0.25) is 0 Å².